The number of benzene rings is 1. The van der Waals surface area contributed by atoms with Gasteiger partial charge in [-0.3, -0.25) is 9.59 Å². The lowest BCUT2D eigenvalue weighted by molar-refractivity contribution is -0.146. The maximum atomic E-state index is 12.9. The highest BCUT2D eigenvalue weighted by atomic mass is 16.2. The van der Waals surface area contributed by atoms with Gasteiger partial charge in [-0.15, -0.1) is 0 Å². The summed E-state index contributed by atoms with van der Waals surface area (Å²) in [6.45, 7) is 7.19. The zero-order valence-electron chi connectivity index (χ0n) is 16.1. The van der Waals surface area contributed by atoms with Crippen LogP contribution in [0.4, 0.5) is 11.4 Å². The maximum absolute atomic E-state index is 12.9. The minimum atomic E-state index is -1.06. The average molecular weight is 357 g/mol. The second kappa shape index (κ2) is 8.11. The first-order chi connectivity index (χ1) is 12.5. The fourth-order valence-corrected chi connectivity index (χ4v) is 3.78. The van der Waals surface area contributed by atoms with Crippen LogP contribution in [0.1, 0.15) is 52.4 Å². The highest BCUT2D eigenvalue weighted by Gasteiger charge is 2.39. The summed E-state index contributed by atoms with van der Waals surface area (Å²) in [5.74, 6) is -0.300. The van der Waals surface area contributed by atoms with E-state index in [0.29, 0.717) is 0 Å². The molecule has 1 N–H and O–H groups in total. The SMILES string of the molecule is CC(C)(C(=O)Nc1ccc(N2CCCC2)cc1)C(=O)N1CCCCCC1. The Morgan fingerprint density at radius 2 is 1.38 bits per heavy atom. The molecule has 2 fully saturated rings. The van der Waals surface area contributed by atoms with Gasteiger partial charge in [-0.1, -0.05) is 12.8 Å². The molecule has 0 radical (unpaired) electrons. The van der Waals surface area contributed by atoms with Gasteiger partial charge in [0.1, 0.15) is 5.41 Å². The Morgan fingerprint density at radius 3 is 1.96 bits per heavy atom. The number of carbonyl (C=O) groups is 2. The van der Waals surface area contributed by atoms with Crippen molar-refractivity contribution in [2.24, 2.45) is 5.41 Å². The van der Waals surface area contributed by atoms with Crippen LogP contribution in [-0.2, 0) is 9.59 Å². The molecule has 0 saturated carbocycles. The molecular formula is C21H31N3O2. The number of amides is 2. The molecule has 5 heteroatoms. The largest absolute Gasteiger partial charge is 0.372 e. The Bertz CT molecular complexity index is 625. The summed E-state index contributed by atoms with van der Waals surface area (Å²) in [7, 11) is 0. The normalized spacial score (nSPS) is 18.5. The Labute approximate surface area is 156 Å². The molecule has 0 bridgehead atoms. The molecule has 5 nitrogen and oxygen atoms in total. The number of hydrogen-bond donors (Lipinski definition) is 1. The second-order valence-corrected chi connectivity index (χ2v) is 8.03. The Kier molecular flexibility index (Phi) is 5.84. The summed E-state index contributed by atoms with van der Waals surface area (Å²) in [5, 5.41) is 2.93. The molecule has 0 aliphatic carbocycles. The third kappa shape index (κ3) is 4.19. The van der Waals surface area contributed by atoms with Crippen LogP contribution in [0, 0.1) is 5.41 Å². The van der Waals surface area contributed by atoms with Crippen LogP contribution in [0.15, 0.2) is 24.3 Å². The van der Waals surface area contributed by atoms with Crippen molar-refractivity contribution in [2.75, 3.05) is 36.4 Å². The minimum Gasteiger partial charge on any atom is -0.372 e. The van der Waals surface area contributed by atoms with Crippen LogP contribution >= 0.6 is 0 Å². The van der Waals surface area contributed by atoms with E-state index in [4.69, 9.17) is 0 Å². The smallest absolute Gasteiger partial charge is 0.239 e. The summed E-state index contributed by atoms with van der Waals surface area (Å²) in [6.07, 6.45) is 6.87. The van der Waals surface area contributed by atoms with Crippen molar-refractivity contribution in [1.29, 1.82) is 0 Å². The molecule has 0 spiro atoms. The van der Waals surface area contributed by atoms with Crippen LogP contribution in [0.3, 0.4) is 0 Å². The molecule has 2 saturated heterocycles. The van der Waals surface area contributed by atoms with Crippen molar-refractivity contribution in [3.8, 4) is 0 Å². The number of rotatable bonds is 4. The van der Waals surface area contributed by atoms with Crippen LogP contribution in [0.5, 0.6) is 0 Å². The van der Waals surface area contributed by atoms with Crippen molar-refractivity contribution in [3.63, 3.8) is 0 Å². The van der Waals surface area contributed by atoms with E-state index in [9.17, 15) is 9.59 Å². The third-order valence-corrected chi connectivity index (χ3v) is 5.59. The van der Waals surface area contributed by atoms with E-state index in [2.05, 4.69) is 10.2 Å². The van der Waals surface area contributed by atoms with Crippen molar-refractivity contribution >= 4 is 23.2 Å². The van der Waals surface area contributed by atoms with Gasteiger partial charge in [-0.25, -0.2) is 0 Å². The van der Waals surface area contributed by atoms with E-state index in [1.165, 1.54) is 31.4 Å². The van der Waals surface area contributed by atoms with Gasteiger partial charge < -0.3 is 15.1 Å². The predicted octanol–water partition coefficient (Wildman–Crippen LogP) is 3.65. The first-order valence-electron chi connectivity index (χ1n) is 9.94. The standard InChI is InChI=1S/C21H31N3O2/c1-21(2,20(26)24-15-5-3-4-6-16-24)19(25)22-17-9-11-18(12-10-17)23-13-7-8-14-23/h9-12H,3-8,13-16H2,1-2H3,(H,22,25). The van der Waals surface area contributed by atoms with Gasteiger partial charge in [0.25, 0.3) is 0 Å². The number of nitrogens with one attached hydrogen (secondary N) is 1. The third-order valence-electron chi connectivity index (χ3n) is 5.59. The first-order valence-corrected chi connectivity index (χ1v) is 9.94. The lowest BCUT2D eigenvalue weighted by atomic mass is 9.90. The van der Waals surface area contributed by atoms with E-state index in [1.807, 2.05) is 29.2 Å². The predicted molar refractivity (Wildman–Crippen MR) is 105 cm³/mol. The molecule has 2 amide bonds. The molecule has 0 aromatic heterocycles. The van der Waals surface area contributed by atoms with E-state index in [1.54, 1.807) is 13.8 Å². The van der Waals surface area contributed by atoms with Crippen LogP contribution < -0.4 is 10.2 Å². The topological polar surface area (TPSA) is 52.7 Å². The van der Waals surface area contributed by atoms with Gasteiger partial charge >= 0.3 is 0 Å². The second-order valence-electron chi connectivity index (χ2n) is 8.03. The Morgan fingerprint density at radius 1 is 0.846 bits per heavy atom. The molecule has 3 rings (SSSR count). The summed E-state index contributed by atoms with van der Waals surface area (Å²) in [5.41, 5.74) is 0.882. The lowest BCUT2D eigenvalue weighted by Crippen LogP contribution is -2.47. The molecule has 1 aromatic rings. The minimum absolute atomic E-state index is 0.0643. The van der Waals surface area contributed by atoms with E-state index >= 15 is 0 Å². The van der Waals surface area contributed by atoms with Gasteiger partial charge in [0.2, 0.25) is 11.8 Å². The molecule has 0 unspecified atom stereocenters. The van der Waals surface area contributed by atoms with Crippen molar-refractivity contribution < 1.29 is 9.59 Å². The van der Waals surface area contributed by atoms with Gasteiger partial charge in [0.15, 0.2) is 0 Å². The van der Waals surface area contributed by atoms with E-state index in [-0.39, 0.29) is 11.8 Å². The van der Waals surface area contributed by atoms with Gasteiger partial charge in [-0.05, 0) is 63.8 Å². The van der Waals surface area contributed by atoms with E-state index < -0.39 is 5.41 Å². The Hall–Kier alpha value is -2.04. The van der Waals surface area contributed by atoms with Gasteiger partial charge in [0, 0.05) is 37.6 Å². The first kappa shape index (κ1) is 18.7. The Balaban J connectivity index is 1.62. The molecule has 0 atom stereocenters. The monoisotopic (exact) mass is 357 g/mol. The fraction of sp³-hybridized carbons (Fsp3) is 0.619. The molecule has 2 aliphatic heterocycles. The van der Waals surface area contributed by atoms with Gasteiger partial charge in [-0.2, -0.15) is 0 Å². The lowest BCUT2D eigenvalue weighted by Gasteiger charge is -2.30. The summed E-state index contributed by atoms with van der Waals surface area (Å²) in [6, 6.07) is 7.95. The van der Waals surface area contributed by atoms with Crippen molar-refractivity contribution in [1.82, 2.24) is 4.90 Å². The van der Waals surface area contributed by atoms with Gasteiger partial charge in [0.05, 0.1) is 0 Å². The number of nitrogens with zero attached hydrogens (tertiary/aromatic N) is 2. The molecular weight excluding hydrogens is 326 g/mol. The number of anilines is 2. The molecule has 2 aliphatic rings. The number of carbonyl (C=O) groups excluding carboxylic acids is 2. The highest BCUT2D eigenvalue weighted by molar-refractivity contribution is 6.09. The average Bonchev–Trinajstić information content (AvgIpc) is 3.04. The molecule has 142 valence electrons. The number of likely N-dealkylation sites (tertiary alicyclic amines) is 1. The van der Waals surface area contributed by atoms with Crippen LogP contribution in [-0.4, -0.2) is 42.9 Å². The zero-order chi connectivity index (χ0) is 18.6. The maximum Gasteiger partial charge on any atom is 0.239 e. The van der Waals surface area contributed by atoms with Crippen molar-refractivity contribution in [3.05, 3.63) is 24.3 Å². The summed E-state index contributed by atoms with van der Waals surface area (Å²) < 4.78 is 0. The highest BCUT2D eigenvalue weighted by Crippen LogP contribution is 2.26. The summed E-state index contributed by atoms with van der Waals surface area (Å²) in [4.78, 5) is 29.9. The quantitative estimate of drug-likeness (QED) is 0.837. The van der Waals surface area contributed by atoms with Crippen molar-refractivity contribution in [2.45, 2.75) is 52.4 Å². The molecule has 2 heterocycles. The van der Waals surface area contributed by atoms with Crippen LogP contribution in [0.2, 0.25) is 0 Å². The summed E-state index contributed by atoms with van der Waals surface area (Å²) >= 11 is 0. The van der Waals surface area contributed by atoms with E-state index in [0.717, 1.165) is 44.7 Å². The molecule has 1 aromatic carbocycles. The number of hydrogen-bond acceptors (Lipinski definition) is 3. The fourth-order valence-electron chi connectivity index (χ4n) is 3.78. The van der Waals surface area contributed by atoms with Crippen LogP contribution in [0.25, 0.3) is 0 Å². The zero-order valence-corrected chi connectivity index (χ0v) is 16.1. The molecule has 26 heavy (non-hydrogen) atoms.